The van der Waals surface area contributed by atoms with E-state index in [1.54, 1.807) is 6.26 Å². The van der Waals surface area contributed by atoms with E-state index in [0.717, 1.165) is 4.47 Å². The van der Waals surface area contributed by atoms with Gasteiger partial charge >= 0.3 is 0 Å². The minimum Gasteiger partial charge on any atom is -0.519 e. The summed E-state index contributed by atoms with van der Waals surface area (Å²) in [5.41, 5.74) is 0. The van der Waals surface area contributed by atoms with Crippen LogP contribution in [0.1, 0.15) is 20.8 Å². The molecule has 0 unspecified atom stereocenters. The van der Waals surface area contributed by atoms with Crippen molar-refractivity contribution in [3.05, 3.63) is 16.8 Å². The van der Waals surface area contributed by atoms with Crippen molar-refractivity contribution in [1.82, 2.24) is 0 Å². The van der Waals surface area contributed by atoms with Crippen molar-refractivity contribution in [3.63, 3.8) is 0 Å². The monoisotopic (exact) mass is 276 g/mol. The molecule has 0 N–H and O–H groups in total. The molecule has 1 aromatic rings. The molecule has 1 aromatic heterocycles. The minimum absolute atomic E-state index is 0.201. The molecule has 0 aliphatic rings. The first-order valence-corrected chi connectivity index (χ1v) is 8.35. The van der Waals surface area contributed by atoms with E-state index in [1.165, 1.54) is 0 Å². The summed E-state index contributed by atoms with van der Waals surface area (Å²) in [6.07, 6.45) is 1.64. The van der Waals surface area contributed by atoms with Crippen molar-refractivity contribution in [1.29, 1.82) is 0 Å². The van der Waals surface area contributed by atoms with Crippen LogP contribution in [0, 0.1) is 0 Å². The van der Waals surface area contributed by atoms with Crippen LogP contribution in [0.25, 0.3) is 0 Å². The van der Waals surface area contributed by atoms with Gasteiger partial charge in [-0.1, -0.05) is 20.8 Å². The Morgan fingerprint density at radius 3 is 2.29 bits per heavy atom. The van der Waals surface area contributed by atoms with Crippen LogP contribution in [0.5, 0.6) is 5.95 Å². The van der Waals surface area contributed by atoms with Crippen LogP contribution in [0.15, 0.2) is 21.2 Å². The van der Waals surface area contributed by atoms with E-state index in [1.807, 2.05) is 6.07 Å². The largest absolute Gasteiger partial charge is 0.519 e. The number of furan rings is 1. The molecule has 1 heterocycles. The van der Waals surface area contributed by atoms with Crippen molar-refractivity contribution >= 4 is 24.2 Å². The third-order valence-electron chi connectivity index (χ3n) is 2.71. The molecular formula is C10H17BrO2Si. The van der Waals surface area contributed by atoms with E-state index in [-0.39, 0.29) is 5.04 Å². The van der Waals surface area contributed by atoms with Gasteiger partial charge in [-0.2, -0.15) is 0 Å². The molecule has 14 heavy (non-hydrogen) atoms. The molecule has 0 spiro atoms. The smallest absolute Gasteiger partial charge is 0.271 e. The van der Waals surface area contributed by atoms with Gasteiger partial charge < -0.3 is 8.84 Å². The summed E-state index contributed by atoms with van der Waals surface area (Å²) >= 11 is 3.33. The molecule has 1 rings (SSSR count). The minimum atomic E-state index is -1.75. The topological polar surface area (TPSA) is 22.4 Å². The van der Waals surface area contributed by atoms with Gasteiger partial charge in [-0.25, -0.2) is 0 Å². The van der Waals surface area contributed by atoms with Crippen molar-refractivity contribution in [2.75, 3.05) is 0 Å². The zero-order valence-corrected chi connectivity index (χ0v) is 11.9. The molecule has 0 aliphatic heterocycles. The summed E-state index contributed by atoms with van der Waals surface area (Å²) in [6.45, 7) is 11.0. The SMILES string of the molecule is CC(C)(C)[Si](C)(C)Oc1cc(Br)co1. The predicted octanol–water partition coefficient (Wildman–Crippen LogP) is 4.43. The molecule has 0 aliphatic carbocycles. The molecule has 2 nitrogen and oxygen atoms in total. The van der Waals surface area contributed by atoms with Gasteiger partial charge in [0.1, 0.15) is 6.26 Å². The molecule has 0 aromatic carbocycles. The van der Waals surface area contributed by atoms with Crippen molar-refractivity contribution in [3.8, 4) is 5.95 Å². The molecule has 4 heteroatoms. The van der Waals surface area contributed by atoms with Crippen LogP contribution in [0.4, 0.5) is 0 Å². The normalized spacial score (nSPS) is 13.0. The molecule has 80 valence electrons. The summed E-state index contributed by atoms with van der Waals surface area (Å²) in [6, 6.07) is 1.86. The lowest BCUT2D eigenvalue weighted by Crippen LogP contribution is -2.43. The zero-order valence-electron chi connectivity index (χ0n) is 9.35. The molecule has 0 fully saturated rings. The highest BCUT2D eigenvalue weighted by Crippen LogP contribution is 2.38. The maximum absolute atomic E-state index is 5.93. The second-order valence-corrected chi connectivity index (χ2v) is 10.6. The Morgan fingerprint density at radius 2 is 1.93 bits per heavy atom. The summed E-state index contributed by atoms with van der Waals surface area (Å²) in [4.78, 5) is 0. The Bertz CT molecular complexity index is 312. The van der Waals surface area contributed by atoms with Crippen molar-refractivity contribution in [2.24, 2.45) is 0 Å². The van der Waals surface area contributed by atoms with Gasteiger partial charge in [-0.3, -0.25) is 0 Å². The van der Waals surface area contributed by atoms with E-state index in [2.05, 4.69) is 49.8 Å². The standard InChI is InChI=1S/C10H17BrO2Si/c1-10(2,3)14(4,5)13-9-6-8(11)7-12-9/h6-7H,1-5H3. The van der Waals surface area contributed by atoms with Gasteiger partial charge in [0.05, 0.1) is 4.47 Å². The van der Waals surface area contributed by atoms with Gasteiger partial charge in [0.2, 0.25) is 0 Å². The first-order valence-electron chi connectivity index (χ1n) is 4.65. The van der Waals surface area contributed by atoms with Gasteiger partial charge in [-0.05, 0) is 34.1 Å². The fourth-order valence-corrected chi connectivity index (χ4v) is 1.95. The maximum atomic E-state index is 5.93. The van der Waals surface area contributed by atoms with Crippen LogP contribution in [0.2, 0.25) is 18.1 Å². The van der Waals surface area contributed by atoms with Crippen LogP contribution >= 0.6 is 15.9 Å². The Balaban J connectivity index is 2.78. The average Bonchev–Trinajstić information content (AvgIpc) is 2.31. The fourth-order valence-electron chi connectivity index (χ4n) is 0.753. The quantitative estimate of drug-likeness (QED) is 0.746. The van der Waals surface area contributed by atoms with Crippen LogP contribution in [-0.4, -0.2) is 8.32 Å². The molecule has 0 bridgehead atoms. The Labute approximate surface area is 94.9 Å². The molecule has 0 radical (unpaired) electrons. The Hall–Kier alpha value is -0.223. The second-order valence-electron chi connectivity index (χ2n) is 4.95. The number of halogens is 1. The number of hydrogen-bond donors (Lipinski definition) is 0. The second kappa shape index (κ2) is 3.74. The Kier molecular flexibility index (Phi) is 3.16. The van der Waals surface area contributed by atoms with Crippen LogP contribution in [-0.2, 0) is 0 Å². The lowest BCUT2D eigenvalue weighted by atomic mass is 10.2. The van der Waals surface area contributed by atoms with Gasteiger partial charge in [0.25, 0.3) is 14.3 Å². The highest BCUT2D eigenvalue weighted by atomic mass is 79.9. The third-order valence-corrected chi connectivity index (χ3v) is 7.45. The molecule has 0 amide bonds. The predicted molar refractivity (Wildman–Crippen MR) is 64.2 cm³/mol. The highest BCUT2D eigenvalue weighted by Gasteiger charge is 2.39. The number of rotatable bonds is 2. The molecular weight excluding hydrogens is 260 g/mol. The maximum Gasteiger partial charge on any atom is 0.271 e. The van der Waals surface area contributed by atoms with Crippen molar-refractivity contribution < 1.29 is 8.84 Å². The van der Waals surface area contributed by atoms with E-state index in [4.69, 9.17) is 8.84 Å². The summed E-state index contributed by atoms with van der Waals surface area (Å²) in [5, 5.41) is 0.201. The first kappa shape index (κ1) is 11.8. The zero-order chi connectivity index (χ0) is 11.0. The lowest BCUT2D eigenvalue weighted by Gasteiger charge is -2.35. The molecule has 0 saturated heterocycles. The fraction of sp³-hybridized carbons (Fsp3) is 0.600. The lowest BCUT2D eigenvalue weighted by molar-refractivity contribution is 0.366. The molecule has 0 saturated carbocycles. The summed E-state index contributed by atoms with van der Waals surface area (Å²) in [7, 11) is -1.75. The van der Waals surface area contributed by atoms with E-state index >= 15 is 0 Å². The van der Waals surface area contributed by atoms with E-state index < -0.39 is 8.32 Å². The van der Waals surface area contributed by atoms with E-state index in [9.17, 15) is 0 Å². The van der Waals surface area contributed by atoms with Gasteiger partial charge in [0.15, 0.2) is 0 Å². The first-order chi connectivity index (χ1) is 6.22. The average molecular weight is 277 g/mol. The van der Waals surface area contributed by atoms with Crippen molar-refractivity contribution in [2.45, 2.75) is 38.9 Å². The summed E-state index contributed by atoms with van der Waals surface area (Å²) in [5.74, 6) is 0.614. The number of hydrogen-bond acceptors (Lipinski definition) is 2. The molecule has 0 atom stereocenters. The van der Waals surface area contributed by atoms with Crippen LogP contribution < -0.4 is 4.43 Å². The van der Waals surface area contributed by atoms with Crippen LogP contribution in [0.3, 0.4) is 0 Å². The highest BCUT2D eigenvalue weighted by molar-refractivity contribution is 9.10. The summed E-state index contributed by atoms with van der Waals surface area (Å²) < 4.78 is 12.1. The Morgan fingerprint density at radius 1 is 1.36 bits per heavy atom. The van der Waals surface area contributed by atoms with E-state index in [0.29, 0.717) is 5.95 Å². The van der Waals surface area contributed by atoms with Gasteiger partial charge in [-0.15, -0.1) is 0 Å². The third kappa shape index (κ3) is 2.64. The van der Waals surface area contributed by atoms with Gasteiger partial charge in [0, 0.05) is 6.07 Å².